The lowest BCUT2D eigenvalue weighted by molar-refractivity contribution is -0.146. The Morgan fingerprint density at radius 2 is 0.912 bits per heavy atom. The number of hydrogen-bond donors (Lipinski definition) is 1. The highest BCUT2D eigenvalue weighted by atomic mass is 16.5. The van der Waals surface area contributed by atoms with E-state index in [-0.39, 0.29) is 18.8 Å². The maximum Gasteiger partial charge on any atom is 0.322 e. The van der Waals surface area contributed by atoms with Gasteiger partial charge in [0.2, 0.25) is 0 Å². The highest BCUT2D eigenvalue weighted by Crippen LogP contribution is 2.12. The Morgan fingerprint density at radius 3 is 1.32 bits per heavy atom. The summed E-state index contributed by atoms with van der Waals surface area (Å²) in [6.45, 7) is 5.38. The SMILES string of the molecule is CCCCCCCCCCCCOC(=O)CCC(N)C(=O)OCCCCCCCCCCCC. The number of rotatable bonds is 26. The number of unbranched alkanes of at least 4 members (excludes halogenated alkanes) is 18. The van der Waals surface area contributed by atoms with Crippen LogP contribution < -0.4 is 5.73 Å². The fourth-order valence-corrected chi connectivity index (χ4v) is 4.11. The van der Waals surface area contributed by atoms with Crippen molar-refractivity contribution in [2.75, 3.05) is 13.2 Å². The second-order valence-corrected chi connectivity index (χ2v) is 9.90. The molecule has 0 fully saturated rings. The minimum atomic E-state index is -0.743. The molecule has 1 unspecified atom stereocenters. The number of ether oxygens (including phenoxy) is 2. The van der Waals surface area contributed by atoms with Gasteiger partial charge in [-0.15, -0.1) is 0 Å². The molecule has 5 heteroatoms. The summed E-state index contributed by atoms with van der Waals surface area (Å²) < 4.78 is 10.5. The van der Waals surface area contributed by atoms with Gasteiger partial charge < -0.3 is 15.2 Å². The molecule has 0 heterocycles. The van der Waals surface area contributed by atoms with E-state index in [4.69, 9.17) is 15.2 Å². The van der Waals surface area contributed by atoms with E-state index in [0.717, 1.165) is 25.7 Å². The van der Waals surface area contributed by atoms with Crippen molar-refractivity contribution in [2.45, 2.75) is 161 Å². The summed E-state index contributed by atoms with van der Waals surface area (Å²) in [5.41, 5.74) is 5.87. The summed E-state index contributed by atoms with van der Waals surface area (Å²) in [6.07, 6.45) is 25.5. The van der Waals surface area contributed by atoms with Crippen LogP contribution in [0.15, 0.2) is 0 Å². The Hall–Kier alpha value is -1.10. The van der Waals surface area contributed by atoms with E-state index in [1.165, 1.54) is 103 Å². The van der Waals surface area contributed by atoms with E-state index in [1.807, 2.05) is 0 Å². The maximum absolute atomic E-state index is 12.0. The van der Waals surface area contributed by atoms with E-state index >= 15 is 0 Å². The molecule has 34 heavy (non-hydrogen) atoms. The van der Waals surface area contributed by atoms with Crippen molar-refractivity contribution in [1.82, 2.24) is 0 Å². The first-order valence-corrected chi connectivity index (χ1v) is 14.7. The Kier molecular flexibility index (Phi) is 25.6. The lowest BCUT2D eigenvalue weighted by atomic mass is 10.1. The van der Waals surface area contributed by atoms with Gasteiger partial charge in [0.05, 0.1) is 13.2 Å². The predicted octanol–water partition coefficient (Wildman–Crippen LogP) is 8.02. The van der Waals surface area contributed by atoms with E-state index in [2.05, 4.69) is 13.8 Å². The number of carbonyl (C=O) groups is 2. The van der Waals surface area contributed by atoms with Gasteiger partial charge in [-0.05, 0) is 19.3 Å². The Morgan fingerprint density at radius 1 is 0.559 bits per heavy atom. The summed E-state index contributed by atoms with van der Waals surface area (Å²) in [5, 5.41) is 0. The van der Waals surface area contributed by atoms with Crippen LogP contribution in [0, 0.1) is 0 Å². The van der Waals surface area contributed by atoms with Crippen LogP contribution in [0.4, 0.5) is 0 Å². The zero-order chi connectivity index (χ0) is 25.1. The van der Waals surface area contributed by atoms with Gasteiger partial charge in [0.1, 0.15) is 6.04 Å². The van der Waals surface area contributed by atoms with Crippen molar-refractivity contribution in [2.24, 2.45) is 5.73 Å². The molecule has 0 bridgehead atoms. The second-order valence-electron chi connectivity index (χ2n) is 9.90. The quantitative estimate of drug-likeness (QED) is 0.0995. The smallest absolute Gasteiger partial charge is 0.322 e. The van der Waals surface area contributed by atoms with Gasteiger partial charge in [-0.25, -0.2) is 0 Å². The molecule has 202 valence electrons. The van der Waals surface area contributed by atoms with Gasteiger partial charge in [-0.3, -0.25) is 9.59 Å². The van der Waals surface area contributed by atoms with Crippen LogP contribution in [0.1, 0.15) is 155 Å². The molecule has 0 aromatic rings. The maximum atomic E-state index is 12.0. The Bertz CT molecular complexity index is 455. The molecule has 0 aliphatic rings. The van der Waals surface area contributed by atoms with E-state index in [9.17, 15) is 9.59 Å². The van der Waals surface area contributed by atoms with Crippen molar-refractivity contribution < 1.29 is 19.1 Å². The van der Waals surface area contributed by atoms with Crippen LogP contribution >= 0.6 is 0 Å². The standard InChI is InChI=1S/C29H57NO4/c1-3-5-7-9-11-13-15-17-19-21-25-33-28(31)24-23-27(30)29(32)34-26-22-20-18-16-14-12-10-8-6-4-2/h27H,3-26,30H2,1-2H3. The molecule has 0 aliphatic heterocycles. The van der Waals surface area contributed by atoms with Crippen molar-refractivity contribution in [3.05, 3.63) is 0 Å². The Labute approximate surface area is 211 Å². The van der Waals surface area contributed by atoms with Crippen molar-refractivity contribution in [1.29, 1.82) is 0 Å². The van der Waals surface area contributed by atoms with Gasteiger partial charge in [0, 0.05) is 6.42 Å². The molecular weight excluding hydrogens is 426 g/mol. The molecule has 0 saturated heterocycles. The van der Waals surface area contributed by atoms with E-state index in [0.29, 0.717) is 13.2 Å². The van der Waals surface area contributed by atoms with Crippen LogP contribution in [0.3, 0.4) is 0 Å². The third-order valence-corrected chi connectivity index (χ3v) is 6.47. The summed E-state index contributed by atoms with van der Waals surface area (Å²) in [4.78, 5) is 23.8. The first kappa shape index (κ1) is 32.9. The summed E-state index contributed by atoms with van der Waals surface area (Å²) in [6, 6.07) is -0.743. The number of esters is 2. The summed E-state index contributed by atoms with van der Waals surface area (Å²) in [5.74, 6) is -0.674. The van der Waals surface area contributed by atoms with Gasteiger partial charge in [0.15, 0.2) is 0 Å². The molecular formula is C29H57NO4. The monoisotopic (exact) mass is 483 g/mol. The normalized spacial score (nSPS) is 12.0. The lowest BCUT2D eigenvalue weighted by Gasteiger charge is -2.11. The zero-order valence-corrected chi connectivity index (χ0v) is 22.8. The van der Waals surface area contributed by atoms with Crippen molar-refractivity contribution >= 4 is 11.9 Å². The highest BCUT2D eigenvalue weighted by molar-refractivity contribution is 5.77. The van der Waals surface area contributed by atoms with Crippen LogP contribution in [0.2, 0.25) is 0 Å². The van der Waals surface area contributed by atoms with Gasteiger partial charge in [0.25, 0.3) is 0 Å². The van der Waals surface area contributed by atoms with E-state index < -0.39 is 12.0 Å². The highest BCUT2D eigenvalue weighted by Gasteiger charge is 2.17. The van der Waals surface area contributed by atoms with E-state index in [1.54, 1.807) is 0 Å². The molecule has 0 radical (unpaired) electrons. The van der Waals surface area contributed by atoms with Crippen LogP contribution in [-0.4, -0.2) is 31.2 Å². The van der Waals surface area contributed by atoms with Gasteiger partial charge >= 0.3 is 11.9 Å². The molecule has 1 atom stereocenters. The van der Waals surface area contributed by atoms with Gasteiger partial charge in [-0.1, -0.05) is 129 Å². The second kappa shape index (κ2) is 26.5. The minimum Gasteiger partial charge on any atom is -0.466 e. The third kappa shape index (κ3) is 24.0. The average Bonchev–Trinajstić information content (AvgIpc) is 2.84. The first-order valence-electron chi connectivity index (χ1n) is 14.7. The lowest BCUT2D eigenvalue weighted by Crippen LogP contribution is -2.33. The van der Waals surface area contributed by atoms with Crippen molar-refractivity contribution in [3.8, 4) is 0 Å². The molecule has 5 nitrogen and oxygen atoms in total. The molecule has 0 saturated carbocycles. The summed E-state index contributed by atoms with van der Waals surface area (Å²) >= 11 is 0. The summed E-state index contributed by atoms with van der Waals surface area (Å²) in [7, 11) is 0. The third-order valence-electron chi connectivity index (χ3n) is 6.47. The molecule has 2 N–H and O–H groups in total. The topological polar surface area (TPSA) is 78.6 Å². The molecule has 0 aliphatic carbocycles. The van der Waals surface area contributed by atoms with Crippen LogP contribution in [0.5, 0.6) is 0 Å². The van der Waals surface area contributed by atoms with Crippen molar-refractivity contribution in [3.63, 3.8) is 0 Å². The number of nitrogens with two attached hydrogens (primary N) is 1. The molecule has 0 amide bonds. The molecule has 0 rings (SSSR count). The largest absolute Gasteiger partial charge is 0.466 e. The zero-order valence-electron chi connectivity index (χ0n) is 22.8. The molecule has 0 spiro atoms. The predicted molar refractivity (Wildman–Crippen MR) is 143 cm³/mol. The molecule has 0 aromatic carbocycles. The van der Waals surface area contributed by atoms with Crippen LogP contribution in [-0.2, 0) is 19.1 Å². The number of hydrogen-bond acceptors (Lipinski definition) is 5. The van der Waals surface area contributed by atoms with Gasteiger partial charge in [-0.2, -0.15) is 0 Å². The molecule has 0 aromatic heterocycles. The number of carbonyl (C=O) groups excluding carboxylic acids is 2. The first-order chi connectivity index (χ1) is 16.6. The Balaban J connectivity index is 3.44. The fourth-order valence-electron chi connectivity index (χ4n) is 4.11. The fraction of sp³-hybridized carbons (Fsp3) is 0.931. The van der Waals surface area contributed by atoms with Crippen LogP contribution in [0.25, 0.3) is 0 Å². The minimum absolute atomic E-state index is 0.173. The average molecular weight is 484 g/mol.